The van der Waals surface area contributed by atoms with Gasteiger partial charge < -0.3 is 9.88 Å². The van der Waals surface area contributed by atoms with Crippen LogP contribution in [0.25, 0.3) is 44.7 Å². The SMILES string of the molecule is CCN(CC)C(=O)c1cncc2[nH]c(-c3n[nH]c4ncc(-c5cncc(NS(C)(=O)=O)c5)cc34)nc12. The maximum atomic E-state index is 13.0. The lowest BCUT2D eigenvalue weighted by molar-refractivity contribution is 0.0774. The van der Waals surface area contributed by atoms with E-state index in [1.54, 1.807) is 29.6 Å². The normalized spacial score (nSPS) is 11.8. The summed E-state index contributed by atoms with van der Waals surface area (Å²) in [7, 11) is -3.44. The predicted molar refractivity (Wildman–Crippen MR) is 136 cm³/mol. The summed E-state index contributed by atoms with van der Waals surface area (Å²) in [5.74, 6) is 0.324. The molecule has 1 amide bonds. The van der Waals surface area contributed by atoms with E-state index in [4.69, 9.17) is 4.98 Å². The number of carbonyl (C=O) groups excluding carboxylic acids is 1. The maximum absolute atomic E-state index is 13.0. The molecule has 3 N–H and O–H groups in total. The molecule has 12 nitrogen and oxygen atoms in total. The van der Waals surface area contributed by atoms with Gasteiger partial charge in [-0.1, -0.05) is 0 Å². The molecule has 184 valence electrons. The highest BCUT2D eigenvalue weighted by molar-refractivity contribution is 7.92. The molecule has 0 fully saturated rings. The molecule has 0 bridgehead atoms. The zero-order chi connectivity index (χ0) is 25.4. The van der Waals surface area contributed by atoms with Gasteiger partial charge in [-0.15, -0.1) is 0 Å². The van der Waals surface area contributed by atoms with Crippen LogP contribution in [0.2, 0.25) is 0 Å². The maximum Gasteiger partial charge on any atom is 0.257 e. The van der Waals surface area contributed by atoms with Crippen molar-refractivity contribution in [1.29, 1.82) is 0 Å². The lowest BCUT2D eigenvalue weighted by Crippen LogP contribution is -2.30. The minimum absolute atomic E-state index is 0.137. The van der Waals surface area contributed by atoms with Crippen LogP contribution in [0.1, 0.15) is 24.2 Å². The van der Waals surface area contributed by atoms with Crippen molar-refractivity contribution < 1.29 is 13.2 Å². The van der Waals surface area contributed by atoms with Gasteiger partial charge in [0.05, 0.1) is 40.8 Å². The summed E-state index contributed by atoms with van der Waals surface area (Å²) in [5, 5.41) is 8.00. The molecule has 5 heterocycles. The van der Waals surface area contributed by atoms with Gasteiger partial charge in [0.25, 0.3) is 5.91 Å². The van der Waals surface area contributed by atoms with E-state index in [2.05, 4.69) is 34.9 Å². The molecule has 5 rings (SSSR count). The Kier molecular flexibility index (Phi) is 5.84. The molecule has 0 aliphatic rings. The molecular weight excluding hydrogens is 482 g/mol. The summed E-state index contributed by atoms with van der Waals surface area (Å²) in [6.45, 7) is 5.01. The molecule has 0 unspecified atom stereocenters. The van der Waals surface area contributed by atoms with Crippen LogP contribution in [-0.4, -0.2) is 73.7 Å². The Labute approximate surface area is 206 Å². The first-order valence-electron chi connectivity index (χ1n) is 11.2. The number of nitrogens with zero attached hydrogens (tertiary/aromatic N) is 6. The van der Waals surface area contributed by atoms with Crippen molar-refractivity contribution in [2.45, 2.75) is 13.8 Å². The number of imidazole rings is 1. The van der Waals surface area contributed by atoms with Crippen LogP contribution < -0.4 is 4.72 Å². The second-order valence-electron chi connectivity index (χ2n) is 8.17. The number of aromatic amines is 2. The first-order chi connectivity index (χ1) is 17.3. The van der Waals surface area contributed by atoms with Gasteiger partial charge >= 0.3 is 0 Å². The topological polar surface area (TPSA) is 163 Å². The van der Waals surface area contributed by atoms with E-state index in [0.717, 1.165) is 6.26 Å². The molecule has 0 spiro atoms. The van der Waals surface area contributed by atoms with Crippen LogP contribution >= 0.6 is 0 Å². The van der Waals surface area contributed by atoms with Gasteiger partial charge in [-0.2, -0.15) is 5.10 Å². The minimum atomic E-state index is -3.44. The first-order valence-corrected chi connectivity index (χ1v) is 13.1. The number of fused-ring (bicyclic) bond motifs is 2. The van der Waals surface area contributed by atoms with Crippen LogP contribution in [-0.2, 0) is 10.0 Å². The molecule has 5 aromatic heterocycles. The van der Waals surface area contributed by atoms with Gasteiger partial charge in [0.15, 0.2) is 11.5 Å². The Hall–Kier alpha value is -4.39. The summed E-state index contributed by atoms with van der Waals surface area (Å²) in [5.41, 5.74) is 4.35. The number of carbonyl (C=O) groups is 1. The van der Waals surface area contributed by atoms with Crippen molar-refractivity contribution >= 4 is 43.7 Å². The highest BCUT2D eigenvalue weighted by Crippen LogP contribution is 2.30. The molecule has 0 aliphatic heterocycles. The molecule has 0 atom stereocenters. The summed E-state index contributed by atoms with van der Waals surface area (Å²) >= 11 is 0. The highest BCUT2D eigenvalue weighted by Gasteiger charge is 2.21. The zero-order valence-electron chi connectivity index (χ0n) is 19.8. The van der Waals surface area contributed by atoms with E-state index in [0.29, 0.717) is 69.1 Å². The molecular formula is C23H23N9O3S. The second kappa shape index (κ2) is 9.00. The molecule has 5 aromatic rings. The molecule has 0 saturated carbocycles. The second-order valence-corrected chi connectivity index (χ2v) is 9.92. The summed E-state index contributed by atoms with van der Waals surface area (Å²) in [6, 6.07) is 3.55. The number of aromatic nitrogens is 7. The summed E-state index contributed by atoms with van der Waals surface area (Å²) < 4.78 is 25.6. The highest BCUT2D eigenvalue weighted by atomic mass is 32.2. The summed E-state index contributed by atoms with van der Waals surface area (Å²) in [4.78, 5) is 35.4. The number of amides is 1. The lowest BCUT2D eigenvalue weighted by Gasteiger charge is -2.18. The van der Waals surface area contributed by atoms with E-state index in [9.17, 15) is 13.2 Å². The van der Waals surface area contributed by atoms with Crippen LogP contribution in [0, 0.1) is 0 Å². The fourth-order valence-electron chi connectivity index (χ4n) is 3.99. The molecule has 0 aliphatic carbocycles. The van der Waals surface area contributed by atoms with Gasteiger partial charge in [-0.25, -0.2) is 18.4 Å². The fourth-order valence-corrected chi connectivity index (χ4v) is 4.53. The van der Waals surface area contributed by atoms with Gasteiger partial charge in [0.2, 0.25) is 10.0 Å². The van der Waals surface area contributed by atoms with Crippen molar-refractivity contribution in [2.24, 2.45) is 0 Å². The largest absolute Gasteiger partial charge is 0.339 e. The zero-order valence-corrected chi connectivity index (χ0v) is 20.6. The number of anilines is 1. The molecule has 0 radical (unpaired) electrons. The smallest absolute Gasteiger partial charge is 0.257 e. The number of hydrogen-bond acceptors (Lipinski definition) is 8. The standard InChI is InChI=1S/C23H23N9O3S/c1-4-32(5-2)23(33)17-11-25-12-18-19(17)28-22(27-18)20-16-7-14(9-26-21(16)30-29-20)13-6-15(10-24-8-13)31-36(3,34)35/h6-12,31H,4-5H2,1-3H3,(H,27,28)(H,26,29,30). The van der Waals surface area contributed by atoms with E-state index in [1.165, 1.54) is 12.4 Å². The quantitative estimate of drug-likeness (QED) is 0.304. The monoisotopic (exact) mass is 505 g/mol. The number of pyridine rings is 3. The fraction of sp³-hybridized carbons (Fsp3) is 0.217. The van der Waals surface area contributed by atoms with E-state index in [-0.39, 0.29) is 5.91 Å². The first kappa shape index (κ1) is 23.4. The summed E-state index contributed by atoms with van der Waals surface area (Å²) in [6.07, 6.45) is 8.92. The third kappa shape index (κ3) is 4.35. The predicted octanol–water partition coefficient (Wildman–Crippen LogP) is 2.81. The average Bonchev–Trinajstić information content (AvgIpc) is 3.47. The van der Waals surface area contributed by atoms with Crippen LogP contribution in [0.4, 0.5) is 5.69 Å². The number of nitrogens with one attached hydrogen (secondary N) is 3. The van der Waals surface area contributed by atoms with Gasteiger partial charge in [0, 0.05) is 42.8 Å². The van der Waals surface area contributed by atoms with Gasteiger partial charge in [-0.3, -0.25) is 24.6 Å². The Bertz CT molecular complexity index is 1700. The third-order valence-corrected chi connectivity index (χ3v) is 6.30. The molecule has 36 heavy (non-hydrogen) atoms. The van der Waals surface area contributed by atoms with Crippen molar-refractivity contribution in [3.8, 4) is 22.6 Å². The van der Waals surface area contributed by atoms with Crippen LogP contribution in [0.5, 0.6) is 0 Å². The van der Waals surface area contributed by atoms with E-state index >= 15 is 0 Å². The minimum Gasteiger partial charge on any atom is -0.339 e. The number of sulfonamides is 1. The van der Waals surface area contributed by atoms with Crippen molar-refractivity contribution in [1.82, 2.24) is 40.0 Å². The van der Waals surface area contributed by atoms with Crippen molar-refractivity contribution in [3.05, 3.63) is 48.7 Å². The van der Waals surface area contributed by atoms with Crippen LogP contribution in [0.15, 0.2) is 43.1 Å². The van der Waals surface area contributed by atoms with Gasteiger partial charge in [0.1, 0.15) is 11.2 Å². The molecule has 0 saturated heterocycles. The van der Waals surface area contributed by atoms with Crippen LogP contribution in [0.3, 0.4) is 0 Å². The van der Waals surface area contributed by atoms with Gasteiger partial charge in [-0.05, 0) is 26.0 Å². The third-order valence-electron chi connectivity index (χ3n) is 5.69. The molecule has 0 aromatic carbocycles. The number of H-pyrrole nitrogens is 2. The Morgan fingerprint density at radius 1 is 1.03 bits per heavy atom. The Balaban J connectivity index is 1.58. The molecule has 13 heteroatoms. The van der Waals surface area contributed by atoms with Crippen molar-refractivity contribution in [3.63, 3.8) is 0 Å². The average molecular weight is 506 g/mol. The Morgan fingerprint density at radius 3 is 2.53 bits per heavy atom. The van der Waals surface area contributed by atoms with E-state index < -0.39 is 10.0 Å². The number of hydrogen-bond donors (Lipinski definition) is 3. The number of rotatable bonds is 7. The lowest BCUT2D eigenvalue weighted by atomic mass is 10.1. The van der Waals surface area contributed by atoms with Crippen molar-refractivity contribution in [2.75, 3.05) is 24.1 Å². The Morgan fingerprint density at radius 2 is 1.78 bits per heavy atom. The van der Waals surface area contributed by atoms with E-state index in [1.807, 2.05) is 19.9 Å².